The molecule has 0 radical (unpaired) electrons. The Hall–Kier alpha value is -1.79. The highest BCUT2D eigenvalue weighted by Gasteiger charge is 2.35. The molecule has 0 spiro atoms. The Labute approximate surface area is 118 Å². The van der Waals surface area contributed by atoms with Crippen LogP contribution in [0.3, 0.4) is 0 Å². The number of carboxylic acid groups (broad SMARTS) is 1. The van der Waals surface area contributed by atoms with Crippen LogP contribution >= 0.6 is 0 Å². The van der Waals surface area contributed by atoms with Crippen molar-refractivity contribution in [3.05, 3.63) is 0 Å². The van der Waals surface area contributed by atoms with Gasteiger partial charge in [0.25, 0.3) is 0 Å². The first-order valence-corrected chi connectivity index (χ1v) is 6.98. The summed E-state index contributed by atoms with van der Waals surface area (Å²) in [5.41, 5.74) is -0.919. The van der Waals surface area contributed by atoms with E-state index in [-0.39, 0.29) is 18.5 Å². The summed E-state index contributed by atoms with van der Waals surface area (Å²) in [5, 5.41) is 17.3. The predicted molar refractivity (Wildman–Crippen MR) is 73.2 cm³/mol. The van der Waals surface area contributed by atoms with Gasteiger partial charge in [0.15, 0.2) is 0 Å². The third kappa shape index (κ3) is 4.11. The lowest BCUT2D eigenvalue weighted by atomic mass is 9.82. The van der Waals surface area contributed by atoms with E-state index in [1.54, 1.807) is 13.8 Å². The van der Waals surface area contributed by atoms with Gasteiger partial charge in [-0.1, -0.05) is 13.8 Å². The maximum atomic E-state index is 11.8. The monoisotopic (exact) mass is 285 g/mol. The minimum atomic E-state index is -0.919. The number of carboxylic acids is 1. The highest BCUT2D eigenvalue weighted by Crippen LogP contribution is 2.25. The lowest BCUT2D eigenvalue weighted by Gasteiger charge is -2.28. The molecule has 1 fully saturated rings. The van der Waals surface area contributed by atoms with Gasteiger partial charge in [0, 0.05) is 25.6 Å². The van der Waals surface area contributed by atoms with Crippen LogP contribution < -0.4 is 16.0 Å². The number of carbonyl (C=O) groups is 3. The molecule has 0 aromatic rings. The molecule has 1 heterocycles. The number of nitrogens with one attached hydrogen (secondary N) is 3. The van der Waals surface area contributed by atoms with Crippen LogP contribution in [0, 0.1) is 5.41 Å². The Morgan fingerprint density at radius 2 is 2.05 bits per heavy atom. The van der Waals surface area contributed by atoms with E-state index in [0.29, 0.717) is 32.2 Å². The van der Waals surface area contributed by atoms with Crippen molar-refractivity contribution in [2.75, 3.05) is 13.1 Å². The molecule has 0 aliphatic carbocycles. The largest absolute Gasteiger partial charge is 0.481 e. The van der Waals surface area contributed by atoms with Crippen molar-refractivity contribution in [3.63, 3.8) is 0 Å². The lowest BCUT2D eigenvalue weighted by Crippen LogP contribution is -2.52. The second-order valence-corrected chi connectivity index (χ2v) is 5.16. The molecule has 0 aromatic carbocycles. The zero-order chi connectivity index (χ0) is 15.2. The number of urea groups is 1. The summed E-state index contributed by atoms with van der Waals surface area (Å²) in [6, 6.07) is -0.492. The fourth-order valence-corrected chi connectivity index (χ4v) is 2.22. The molecule has 1 rings (SSSR count). The number of carbonyl (C=O) groups excluding carboxylic acids is 2. The summed E-state index contributed by atoms with van der Waals surface area (Å²) in [5.74, 6) is -0.905. The van der Waals surface area contributed by atoms with Crippen LogP contribution in [0.25, 0.3) is 0 Å². The molecule has 1 unspecified atom stereocenters. The average molecular weight is 285 g/mol. The van der Waals surface area contributed by atoms with Crippen molar-refractivity contribution in [2.24, 2.45) is 5.41 Å². The second-order valence-electron chi connectivity index (χ2n) is 5.16. The van der Waals surface area contributed by atoms with Crippen molar-refractivity contribution in [2.45, 2.75) is 45.6 Å². The topological polar surface area (TPSA) is 108 Å². The van der Waals surface area contributed by atoms with E-state index in [4.69, 9.17) is 0 Å². The summed E-state index contributed by atoms with van der Waals surface area (Å²) >= 11 is 0. The number of amides is 3. The summed E-state index contributed by atoms with van der Waals surface area (Å²) in [6.45, 7) is 4.11. The number of hydrogen-bond donors (Lipinski definition) is 4. The van der Waals surface area contributed by atoms with Crippen LogP contribution in [0.1, 0.15) is 39.5 Å². The van der Waals surface area contributed by atoms with Crippen molar-refractivity contribution in [1.82, 2.24) is 16.0 Å². The Morgan fingerprint density at radius 3 is 2.50 bits per heavy atom. The normalized spacial score (nSPS) is 19.1. The fraction of sp³-hybridized carbons (Fsp3) is 0.769. The van der Waals surface area contributed by atoms with E-state index in [0.717, 1.165) is 0 Å². The molecular formula is C13H23N3O4. The summed E-state index contributed by atoms with van der Waals surface area (Å²) in [4.78, 5) is 34.1. The minimum Gasteiger partial charge on any atom is -0.481 e. The molecule has 7 heteroatoms. The first-order chi connectivity index (χ1) is 9.43. The molecule has 0 bridgehead atoms. The SMILES string of the molecule is CCC(CC)(CNC(=O)NC1CCC(=O)NC1)C(=O)O. The maximum Gasteiger partial charge on any atom is 0.315 e. The zero-order valence-corrected chi connectivity index (χ0v) is 12.0. The van der Waals surface area contributed by atoms with Crippen LogP contribution in [0.4, 0.5) is 4.79 Å². The third-order valence-electron chi connectivity index (χ3n) is 4.00. The Balaban J connectivity index is 2.42. The van der Waals surface area contributed by atoms with E-state index < -0.39 is 17.4 Å². The predicted octanol–water partition coefficient (Wildman–Crippen LogP) is 0.455. The quantitative estimate of drug-likeness (QED) is 0.568. The lowest BCUT2D eigenvalue weighted by molar-refractivity contribution is -0.149. The van der Waals surface area contributed by atoms with Gasteiger partial charge in [-0.2, -0.15) is 0 Å². The van der Waals surface area contributed by atoms with Crippen LogP contribution in [0.2, 0.25) is 0 Å². The minimum absolute atomic E-state index is 0.00896. The van der Waals surface area contributed by atoms with E-state index >= 15 is 0 Å². The Morgan fingerprint density at radius 1 is 1.40 bits per heavy atom. The summed E-state index contributed by atoms with van der Waals surface area (Å²) < 4.78 is 0. The Bertz CT molecular complexity index is 370. The molecule has 1 atom stereocenters. The van der Waals surface area contributed by atoms with Gasteiger partial charge in [-0.3, -0.25) is 9.59 Å². The van der Waals surface area contributed by atoms with Gasteiger partial charge < -0.3 is 21.1 Å². The standard InChI is InChI=1S/C13H23N3O4/c1-3-13(4-2,11(18)19)8-15-12(20)16-9-5-6-10(17)14-7-9/h9H,3-8H2,1-2H3,(H,14,17)(H,18,19)(H2,15,16,20). The first kappa shape index (κ1) is 16.3. The highest BCUT2D eigenvalue weighted by molar-refractivity contribution is 5.79. The maximum absolute atomic E-state index is 11.8. The van der Waals surface area contributed by atoms with E-state index in [1.807, 2.05) is 0 Å². The first-order valence-electron chi connectivity index (χ1n) is 6.98. The van der Waals surface area contributed by atoms with E-state index in [1.165, 1.54) is 0 Å². The molecular weight excluding hydrogens is 262 g/mol. The summed E-state index contributed by atoms with van der Waals surface area (Å²) in [6.07, 6.45) is 1.91. The van der Waals surface area contributed by atoms with Crippen molar-refractivity contribution in [1.29, 1.82) is 0 Å². The van der Waals surface area contributed by atoms with Crippen molar-refractivity contribution < 1.29 is 19.5 Å². The van der Waals surface area contributed by atoms with Gasteiger partial charge in [-0.05, 0) is 19.3 Å². The molecule has 20 heavy (non-hydrogen) atoms. The van der Waals surface area contributed by atoms with Crippen LogP contribution in [0.15, 0.2) is 0 Å². The van der Waals surface area contributed by atoms with Gasteiger partial charge >= 0.3 is 12.0 Å². The molecule has 0 aromatic heterocycles. The molecule has 1 aliphatic rings. The van der Waals surface area contributed by atoms with Crippen LogP contribution in [-0.2, 0) is 9.59 Å². The van der Waals surface area contributed by atoms with Gasteiger partial charge in [0.1, 0.15) is 0 Å². The third-order valence-corrected chi connectivity index (χ3v) is 4.00. The zero-order valence-electron chi connectivity index (χ0n) is 12.0. The second kappa shape index (κ2) is 7.12. The van der Waals surface area contributed by atoms with Crippen LogP contribution in [0.5, 0.6) is 0 Å². The van der Waals surface area contributed by atoms with Gasteiger partial charge in [-0.25, -0.2) is 4.79 Å². The number of aliphatic carboxylic acids is 1. The number of hydrogen-bond acceptors (Lipinski definition) is 3. The number of rotatable bonds is 6. The van der Waals surface area contributed by atoms with Gasteiger partial charge in [0.05, 0.1) is 5.41 Å². The molecule has 7 nitrogen and oxygen atoms in total. The highest BCUT2D eigenvalue weighted by atomic mass is 16.4. The Kier molecular flexibility index (Phi) is 5.79. The molecule has 114 valence electrons. The van der Waals surface area contributed by atoms with E-state index in [2.05, 4.69) is 16.0 Å². The molecule has 1 aliphatic heterocycles. The van der Waals surface area contributed by atoms with Crippen molar-refractivity contribution in [3.8, 4) is 0 Å². The number of piperidine rings is 1. The molecule has 1 saturated heterocycles. The van der Waals surface area contributed by atoms with E-state index in [9.17, 15) is 19.5 Å². The summed E-state index contributed by atoms with van der Waals surface area (Å²) in [7, 11) is 0. The fourth-order valence-electron chi connectivity index (χ4n) is 2.22. The molecule has 4 N–H and O–H groups in total. The smallest absolute Gasteiger partial charge is 0.315 e. The van der Waals surface area contributed by atoms with Crippen molar-refractivity contribution >= 4 is 17.9 Å². The average Bonchev–Trinajstić information content (AvgIpc) is 2.43. The van der Waals surface area contributed by atoms with Gasteiger partial charge in [0.2, 0.25) is 5.91 Å². The molecule has 3 amide bonds. The molecule has 0 saturated carbocycles. The van der Waals surface area contributed by atoms with Crippen LogP contribution in [-0.4, -0.2) is 42.1 Å². The van der Waals surface area contributed by atoms with Gasteiger partial charge in [-0.15, -0.1) is 0 Å².